The Balaban J connectivity index is 1.92. The second-order valence-electron chi connectivity index (χ2n) is 5.54. The van der Waals surface area contributed by atoms with Gasteiger partial charge in [0.2, 0.25) is 0 Å². The number of aromatic nitrogens is 3. The summed E-state index contributed by atoms with van der Waals surface area (Å²) in [6.07, 6.45) is 2.93. The van der Waals surface area contributed by atoms with Gasteiger partial charge in [0.1, 0.15) is 33.6 Å². The predicted molar refractivity (Wildman–Crippen MR) is 76.3 cm³/mol. The fourth-order valence-corrected chi connectivity index (χ4v) is 2.59. The smallest absolute Gasteiger partial charge is 0.151 e. The van der Waals surface area contributed by atoms with Crippen LogP contribution in [0.25, 0.3) is 5.52 Å². The van der Waals surface area contributed by atoms with Crippen molar-refractivity contribution in [1.82, 2.24) is 14.6 Å². The van der Waals surface area contributed by atoms with Crippen molar-refractivity contribution in [1.29, 1.82) is 0 Å². The topological polar surface area (TPSA) is 85.7 Å². The van der Waals surface area contributed by atoms with E-state index in [4.69, 9.17) is 10.5 Å². The molecule has 0 aliphatic carbocycles. The molecule has 8 heteroatoms. The van der Waals surface area contributed by atoms with Gasteiger partial charge in [0, 0.05) is 5.40 Å². The van der Waals surface area contributed by atoms with Crippen LogP contribution in [0.4, 0.5) is 5.82 Å². The van der Waals surface area contributed by atoms with Gasteiger partial charge in [-0.15, -0.1) is 0 Å². The number of anilines is 1. The van der Waals surface area contributed by atoms with Crippen LogP contribution < -0.4 is 5.73 Å². The van der Waals surface area contributed by atoms with Crippen LogP contribution in [0, 0.1) is 0 Å². The molecular weight excluding hydrogens is 242 g/mol. The van der Waals surface area contributed by atoms with Crippen LogP contribution in [-0.4, -0.2) is 46.9 Å². The molecule has 2 atom stereocenters. The highest BCUT2D eigenvalue weighted by Gasteiger charge is 2.36. The number of fused-ring (bicyclic) bond motifs is 1. The maximum absolute atomic E-state index is 10.0. The lowest BCUT2D eigenvalue weighted by Gasteiger charge is -2.25. The summed E-state index contributed by atoms with van der Waals surface area (Å²) >= 11 is 0. The van der Waals surface area contributed by atoms with E-state index in [9.17, 15) is 5.11 Å². The summed E-state index contributed by atoms with van der Waals surface area (Å²) in [7, 11) is 3.55. The molecule has 1 saturated heterocycles. The van der Waals surface area contributed by atoms with Gasteiger partial charge in [0.05, 0.1) is 11.8 Å². The van der Waals surface area contributed by atoms with Gasteiger partial charge in [0.15, 0.2) is 5.82 Å². The van der Waals surface area contributed by atoms with Crippen LogP contribution in [-0.2, 0) is 4.74 Å². The van der Waals surface area contributed by atoms with Crippen molar-refractivity contribution in [2.24, 2.45) is 0 Å². The molecule has 98 valence electrons. The van der Waals surface area contributed by atoms with Crippen molar-refractivity contribution >= 4 is 27.0 Å². The zero-order valence-corrected chi connectivity index (χ0v) is 11.1. The van der Waals surface area contributed by atoms with E-state index >= 15 is 0 Å². The van der Waals surface area contributed by atoms with E-state index in [2.05, 4.69) is 10.1 Å². The van der Waals surface area contributed by atoms with Crippen LogP contribution in [0.2, 0.25) is 0 Å². The molecule has 0 saturated carbocycles. The van der Waals surface area contributed by atoms with Gasteiger partial charge in [-0.05, 0) is 25.0 Å². The van der Waals surface area contributed by atoms with Gasteiger partial charge in [-0.25, -0.2) is 9.50 Å². The van der Waals surface area contributed by atoms with Gasteiger partial charge in [-0.2, -0.15) is 5.10 Å². The highest BCUT2D eigenvalue weighted by Crippen LogP contribution is 2.36. The summed E-state index contributed by atoms with van der Waals surface area (Å²) in [6, 6.07) is 3.85. The average molecular weight is 258 g/mol. The zero-order chi connectivity index (χ0) is 13.6. The first-order chi connectivity index (χ1) is 8.97. The number of nitrogens with two attached hydrogens (primary N) is 1. The number of ether oxygens (including phenoxy) is 1. The Morgan fingerprint density at radius 1 is 1.42 bits per heavy atom. The van der Waals surface area contributed by atoms with Crippen molar-refractivity contribution < 1.29 is 9.84 Å². The minimum atomic E-state index is -0.824. The lowest BCUT2D eigenvalue weighted by Crippen LogP contribution is -2.43. The Morgan fingerprint density at radius 3 is 2.89 bits per heavy atom. The van der Waals surface area contributed by atoms with E-state index in [0.717, 1.165) is 24.1 Å². The molecule has 2 aromatic rings. The Morgan fingerprint density at radius 2 is 2.21 bits per heavy atom. The van der Waals surface area contributed by atoms with Crippen LogP contribution in [0.1, 0.15) is 24.6 Å². The van der Waals surface area contributed by atoms with Crippen molar-refractivity contribution in [3.63, 3.8) is 0 Å². The number of nitrogen functional groups attached to an aromatic ring is 1. The molecule has 2 unspecified atom stereocenters. The van der Waals surface area contributed by atoms with Crippen molar-refractivity contribution in [2.75, 3.05) is 5.73 Å². The Kier molecular flexibility index (Phi) is 2.79. The van der Waals surface area contributed by atoms with E-state index in [1.165, 1.54) is 6.33 Å². The van der Waals surface area contributed by atoms with E-state index in [1.807, 2.05) is 12.1 Å². The Labute approximate surface area is 112 Å². The molecule has 0 bridgehead atoms. The summed E-state index contributed by atoms with van der Waals surface area (Å²) in [5.41, 5.74) is 7.55. The molecule has 3 heterocycles. The van der Waals surface area contributed by atoms with Gasteiger partial charge in [-0.1, -0.05) is 0 Å². The fourth-order valence-electron chi connectivity index (χ4n) is 2.59. The molecule has 6 nitrogen and oxygen atoms in total. The third-order valence-electron chi connectivity index (χ3n) is 3.65. The maximum Gasteiger partial charge on any atom is 0.151 e. The van der Waals surface area contributed by atoms with Crippen LogP contribution >= 0.6 is 0 Å². The lowest BCUT2D eigenvalue weighted by molar-refractivity contribution is -0.0235. The highest BCUT2D eigenvalue weighted by molar-refractivity contribution is 6.39. The first-order valence-corrected chi connectivity index (χ1v) is 6.43. The molecule has 19 heavy (non-hydrogen) atoms. The van der Waals surface area contributed by atoms with E-state index in [-0.39, 0.29) is 12.2 Å². The SMILES string of the molecule is BC(B)(O)C1CCC(c2ccc3c(N)ncnn23)O1. The molecule has 1 fully saturated rings. The van der Waals surface area contributed by atoms with Crippen molar-refractivity contribution in [3.8, 4) is 0 Å². The Hall–Kier alpha value is -1.53. The zero-order valence-electron chi connectivity index (χ0n) is 11.1. The molecular formula is C11H16B2N4O2. The maximum atomic E-state index is 10.0. The van der Waals surface area contributed by atoms with Gasteiger partial charge < -0.3 is 15.6 Å². The van der Waals surface area contributed by atoms with Crippen molar-refractivity contribution in [3.05, 3.63) is 24.2 Å². The molecule has 0 radical (unpaired) electrons. The highest BCUT2D eigenvalue weighted by atomic mass is 16.5. The largest absolute Gasteiger partial charge is 0.405 e. The molecule has 1 aliphatic heterocycles. The predicted octanol–water partition coefficient (Wildman–Crippen LogP) is -1.56. The minimum Gasteiger partial charge on any atom is -0.405 e. The first-order valence-electron chi connectivity index (χ1n) is 6.43. The third-order valence-corrected chi connectivity index (χ3v) is 3.65. The molecule has 3 N–H and O–H groups in total. The van der Waals surface area contributed by atoms with Crippen LogP contribution in [0.15, 0.2) is 18.5 Å². The quantitative estimate of drug-likeness (QED) is 0.636. The molecule has 2 aromatic heterocycles. The van der Waals surface area contributed by atoms with Gasteiger partial charge >= 0.3 is 0 Å². The fraction of sp³-hybridized carbons (Fsp3) is 0.455. The third kappa shape index (κ3) is 2.11. The Bertz CT molecular complexity index is 610. The van der Waals surface area contributed by atoms with Crippen LogP contribution in [0.3, 0.4) is 0 Å². The average Bonchev–Trinajstić information content (AvgIpc) is 2.93. The normalized spacial score (nSPS) is 24.1. The summed E-state index contributed by atoms with van der Waals surface area (Å²) in [6.45, 7) is 0. The summed E-state index contributed by atoms with van der Waals surface area (Å²) in [5, 5.41) is 13.4. The second kappa shape index (κ2) is 4.25. The van der Waals surface area contributed by atoms with Gasteiger partial charge in [0.25, 0.3) is 0 Å². The first kappa shape index (κ1) is 12.5. The molecule has 1 aliphatic rings. The monoisotopic (exact) mass is 258 g/mol. The number of aliphatic hydroxyl groups is 1. The van der Waals surface area contributed by atoms with E-state index in [1.54, 1.807) is 20.2 Å². The number of nitrogens with zero attached hydrogens (tertiary/aromatic N) is 3. The van der Waals surface area contributed by atoms with E-state index in [0.29, 0.717) is 5.82 Å². The minimum absolute atomic E-state index is 0.0618. The summed E-state index contributed by atoms with van der Waals surface area (Å²) in [5.74, 6) is 0.457. The lowest BCUT2D eigenvalue weighted by atomic mass is 9.61. The van der Waals surface area contributed by atoms with E-state index < -0.39 is 5.40 Å². The second-order valence-corrected chi connectivity index (χ2v) is 5.54. The van der Waals surface area contributed by atoms with Gasteiger partial charge in [-0.3, -0.25) is 0 Å². The summed E-state index contributed by atoms with van der Waals surface area (Å²) < 4.78 is 7.71. The number of hydrogen-bond acceptors (Lipinski definition) is 5. The molecule has 0 aromatic carbocycles. The van der Waals surface area contributed by atoms with Crippen LogP contribution in [0.5, 0.6) is 0 Å². The summed E-state index contributed by atoms with van der Waals surface area (Å²) in [4.78, 5) is 3.97. The van der Waals surface area contributed by atoms with Crippen molar-refractivity contribution in [2.45, 2.75) is 30.4 Å². The molecule has 0 spiro atoms. The molecule has 0 amide bonds. The number of hydrogen-bond donors (Lipinski definition) is 2. The standard InChI is InChI=1S/C11H16B2N4O2/c12-11(13,18)9-4-3-8(19-9)6-1-2-7-10(14)15-5-16-17(6)7/h1-2,5,8-9,18H,3-4,12-13H2,(H2,14,15,16). The molecule has 3 rings (SSSR count). The number of rotatable bonds is 2.